The van der Waals surface area contributed by atoms with E-state index in [9.17, 15) is 4.79 Å². The normalized spacial score (nSPS) is 17.0. The highest BCUT2D eigenvalue weighted by Crippen LogP contribution is 2.36. The molecule has 0 amide bonds. The summed E-state index contributed by atoms with van der Waals surface area (Å²) in [4.78, 5) is 29.0. The molecule has 1 atom stereocenters. The number of rotatable bonds is 6. The summed E-state index contributed by atoms with van der Waals surface area (Å²) in [5, 5.41) is 0. The largest absolute Gasteiger partial charge is 0.469 e. The first-order valence-electron chi connectivity index (χ1n) is 13.9. The number of anilines is 1. The van der Waals surface area contributed by atoms with E-state index in [0.29, 0.717) is 11.6 Å². The van der Waals surface area contributed by atoms with Gasteiger partial charge in [-0.1, -0.05) is 56.3 Å². The Morgan fingerprint density at radius 3 is 2.49 bits per heavy atom. The van der Waals surface area contributed by atoms with Gasteiger partial charge >= 0.3 is 5.97 Å². The van der Waals surface area contributed by atoms with E-state index in [1.165, 1.54) is 12.7 Å². The number of hydrogen-bond acceptors (Lipinski definition) is 7. The number of pyridine rings is 2. The van der Waals surface area contributed by atoms with Crippen LogP contribution in [0.5, 0.6) is 0 Å². The summed E-state index contributed by atoms with van der Waals surface area (Å²) in [6, 6.07) is 26.5. The van der Waals surface area contributed by atoms with Crippen LogP contribution in [0, 0.1) is 11.3 Å². The Labute approximate surface area is 239 Å². The van der Waals surface area contributed by atoms with E-state index in [4.69, 9.17) is 20.4 Å². The highest BCUT2D eigenvalue weighted by Gasteiger charge is 2.40. The summed E-state index contributed by atoms with van der Waals surface area (Å²) in [6.45, 7) is 6.79. The lowest BCUT2D eigenvalue weighted by Gasteiger charge is -2.42. The number of esters is 1. The number of methoxy groups -OCH3 is 1. The number of carbonyl (C=O) groups excluding carboxylic acids is 1. The Hall–Kier alpha value is -4.56. The molecule has 3 aromatic heterocycles. The van der Waals surface area contributed by atoms with Crippen molar-refractivity contribution in [1.82, 2.24) is 24.4 Å². The highest BCUT2D eigenvalue weighted by atomic mass is 16.5. The summed E-state index contributed by atoms with van der Waals surface area (Å²) < 4.78 is 7.12. The van der Waals surface area contributed by atoms with E-state index >= 15 is 0 Å². The van der Waals surface area contributed by atoms with Crippen LogP contribution in [0.2, 0.25) is 0 Å². The maximum Gasteiger partial charge on any atom is 0.309 e. The number of benzene rings is 2. The maximum atomic E-state index is 12.3. The maximum absolute atomic E-state index is 12.3. The van der Waals surface area contributed by atoms with Crippen molar-refractivity contribution >= 4 is 23.0 Å². The number of piperidine rings is 1. The first-order chi connectivity index (χ1) is 19.8. The molecule has 5 aromatic rings. The second kappa shape index (κ2) is 10.8. The highest BCUT2D eigenvalue weighted by molar-refractivity contribution is 5.84. The van der Waals surface area contributed by atoms with Gasteiger partial charge in [0.05, 0.1) is 24.3 Å². The van der Waals surface area contributed by atoms with Crippen LogP contribution in [-0.4, -0.2) is 50.6 Å². The minimum Gasteiger partial charge on any atom is -0.469 e. The lowest BCUT2D eigenvalue weighted by molar-refractivity contribution is -0.152. The van der Waals surface area contributed by atoms with E-state index < -0.39 is 0 Å². The van der Waals surface area contributed by atoms with Crippen molar-refractivity contribution in [2.24, 2.45) is 11.3 Å². The van der Waals surface area contributed by atoms with Crippen LogP contribution in [0.1, 0.15) is 25.8 Å². The minimum atomic E-state index is -0.151. The Morgan fingerprint density at radius 1 is 1.00 bits per heavy atom. The van der Waals surface area contributed by atoms with E-state index in [1.807, 2.05) is 42.5 Å². The smallest absolute Gasteiger partial charge is 0.309 e. The van der Waals surface area contributed by atoms with Crippen LogP contribution in [0.3, 0.4) is 0 Å². The molecule has 8 heteroatoms. The molecule has 8 nitrogen and oxygen atoms in total. The molecule has 4 heterocycles. The molecule has 0 aliphatic carbocycles. The van der Waals surface area contributed by atoms with Gasteiger partial charge in [0.25, 0.3) is 0 Å². The fourth-order valence-corrected chi connectivity index (χ4v) is 5.95. The zero-order valence-corrected chi connectivity index (χ0v) is 23.6. The molecule has 208 valence electrons. The van der Waals surface area contributed by atoms with Gasteiger partial charge in [0, 0.05) is 30.5 Å². The Kier molecular flexibility index (Phi) is 7.01. The Morgan fingerprint density at radius 2 is 1.78 bits per heavy atom. The minimum absolute atomic E-state index is 0.0766. The fraction of sp³-hybridized carbons (Fsp3) is 0.273. The third-order valence-electron chi connectivity index (χ3n) is 8.05. The number of imidazole rings is 1. The van der Waals surface area contributed by atoms with E-state index in [1.54, 1.807) is 6.20 Å². The number of nitrogen functional groups attached to an aromatic ring is 1. The molecule has 0 bridgehead atoms. The van der Waals surface area contributed by atoms with Crippen LogP contribution in [-0.2, 0) is 16.1 Å². The summed E-state index contributed by atoms with van der Waals surface area (Å²) in [5.41, 5.74) is 12.5. The van der Waals surface area contributed by atoms with Gasteiger partial charge in [-0.2, -0.15) is 0 Å². The van der Waals surface area contributed by atoms with Crippen molar-refractivity contribution in [3.63, 3.8) is 0 Å². The fourth-order valence-electron chi connectivity index (χ4n) is 5.95. The van der Waals surface area contributed by atoms with Crippen molar-refractivity contribution in [2.75, 3.05) is 25.9 Å². The van der Waals surface area contributed by atoms with E-state index in [2.05, 4.69) is 64.7 Å². The summed E-state index contributed by atoms with van der Waals surface area (Å²) in [5.74, 6) is 0.928. The van der Waals surface area contributed by atoms with Gasteiger partial charge in [-0.25, -0.2) is 15.0 Å². The molecule has 1 saturated heterocycles. The Balaban J connectivity index is 1.35. The molecular weight excluding hydrogens is 512 g/mol. The van der Waals surface area contributed by atoms with Crippen molar-refractivity contribution in [3.05, 3.63) is 90.6 Å². The molecule has 1 aliphatic heterocycles. The van der Waals surface area contributed by atoms with Gasteiger partial charge in [0.2, 0.25) is 0 Å². The molecule has 41 heavy (non-hydrogen) atoms. The van der Waals surface area contributed by atoms with Crippen LogP contribution in [0.15, 0.2) is 85.1 Å². The van der Waals surface area contributed by atoms with Crippen LogP contribution >= 0.6 is 0 Å². The number of carbonyl (C=O) groups is 1. The second-order valence-electron chi connectivity index (χ2n) is 11.3. The first kappa shape index (κ1) is 26.7. The topological polar surface area (TPSA) is 99.2 Å². The molecule has 0 spiro atoms. The van der Waals surface area contributed by atoms with Crippen LogP contribution in [0.4, 0.5) is 5.82 Å². The van der Waals surface area contributed by atoms with E-state index in [-0.39, 0.29) is 17.3 Å². The van der Waals surface area contributed by atoms with Crippen molar-refractivity contribution in [1.29, 1.82) is 0 Å². The van der Waals surface area contributed by atoms with Crippen molar-refractivity contribution in [2.45, 2.75) is 26.8 Å². The third kappa shape index (κ3) is 5.18. The molecular formula is C33H34N6O2. The van der Waals surface area contributed by atoms with Crippen LogP contribution < -0.4 is 5.73 Å². The monoisotopic (exact) mass is 546 g/mol. The lowest BCUT2D eigenvalue weighted by Crippen LogP contribution is -2.48. The molecule has 2 N–H and O–H groups in total. The second-order valence-corrected chi connectivity index (χ2v) is 11.3. The molecule has 2 aromatic carbocycles. The van der Waals surface area contributed by atoms with Gasteiger partial charge in [-0.05, 0) is 60.3 Å². The lowest BCUT2D eigenvalue weighted by atomic mass is 9.74. The number of nitrogens with two attached hydrogens (primary N) is 1. The average molecular weight is 547 g/mol. The number of aromatic nitrogens is 4. The summed E-state index contributed by atoms with van der Waals surface area (Å²) in [6.07, 6.45) is 2.48. The number of hydrogen-bond donors (Lipinski definition) is 1. The molecule has 0 saturated carbocycles. The zero-order chi connectivity index (χ0) is 28.6. The average Bonchev–Trinajstić information content (AvgIpc) is 3.36. The molecule has 1 aliphatic rings. The van der Waals surface area contributed by atoms with E-state index in [0.717, 1.165) is 59.7 Å². The van der Waals surface area contributed by atoms with Crippen molar-refractivity contribution in [3.8, 4) is 28.3 Å². The van der Waals surface area contributed by atoms with Gasteiger partial charge in [0.1, 0.15) is 11.3 Å². The van der Waals surface area contributed by atoms with Crippen molar-refractivity contribution < 1.29 is 9.53 Å². The Bertz CT molecular complexity index is 1690. The van der Waals surface area contributed by atoms with Crippen LogP contribution in [0.25, 0.3) is 39.5 Å². The number of ether oxygens (including phenoxy) is 1. The predicted molar refractivity (Wildman–Crippen MR) is 161 cm³/mol. The van der Waals surface area contributed by atoms with Gasteiger partial charge in [-0.3, -0.25) is 14.3 Å². The molecule has 1 fully saturated rings. The zero-order valence-electron chi connectivity index (χ0n) is 23.6. The molecule has 0 radical (unpaired) electrons. The number of likely N-dealkylation sites (tertiary alicyclic amines) is 1. The molecule has 6 rings (SSSR count). The van der Waals surface area contributed by atoms with Gasteiger partial charge in [0.15, 0.2) is 11.5 Å². The quantitative estimate of drug-likeness (QED) is 0.271. The third-order valence-corrected chi connectivity index (χ3v) is 8.05. The van der Waals surface area contributed by atoms with Gasteiger partial charge < -0.3 is 10.5 Å². The van der Waals surface area contributed by atoms with Gasteiger partial charge in [-0.15, -0.1) is 0 Å². The molecule has 1 unspecified atom stereocenters. The standard InChI is InChI=1S/C33H34N6O2/c1-33(2)21-38(19-17-26(33)32(40)41-3)20-22-11-13-24(14-12-22)39-30(25-10-7-18-35-29(25)34)37-28-16-15-27(36-31(28)39)23-8-5-4-6-9-23/h4-16,18,26H,17,19-21H2,1-3H3,(H2,34,35). The summed E-state index contributed by atoms with van der Waals surface area (Å²) >= 11 is 0. The number of nitrogens with zero attached hydrogens (tertiary/aromatic N) is 5. The predicted octanol–water partition coefficient (Wildman–Crippen LogP) is 5.75. The first-order valence-corrected chi connectivity index (χ1v) is 13.9. The number of fused-ring (bicyclic) bond motifs is 1. The SMILES string of the molecule is COC(=O)C1CCN(Cc2ccc(-n3c(-c4cccnc4N)nc4ccc(-c5ccccc5)nc43)cc2)CC1(C)C. The summed E-state index contributed by atoms with van der Waals surface area (Å²) in [7, 11) is 1.47.